The third-order valence-corrected chi connectivity index (χ3v) is 8.34. The number of aliphatic hydroxyl groups excluding tert-OH is 1. The highest BCUT2D eigenvalue weighted by Gasteiger charge is 2.34. The Balaban J connectivity index is 0.000000815. The first kappa shape index (κ1) is 33.2. The number of allylic oxidation sites excluding steroid dienone is 6. The van der Waals surface area contributed by atoms with E-state index in [2.05, 4.69) is 88.8 Å². The minimum Gasteiger partial charge on any atom is -0.400 e. The molecule has 0 radical (unpaired) electrons. The summed E-state index contributed by atoms with van der Waals surface area (Å²) in [6.07, 6.45) is 15.3. The van der Waals surface area contributed by atoms with Crippen LogP contribution in [-0.4, -0.2) is 43.9 Å². The van der Waals surface area contributed by atoms with Gasteiger partial charge >= 0.3 is 0 Å². The Morgan fingerprint density at radius 2 is 1.62 bits per heavy atom. The first-order valence-corrected chi connectivity index (χ1v) is 15.1. The van der Waals surface area contributed by atoms with Gasteiger partial charge in [-0.25, -0.2) is 0 Å². The molecule has 2 aliphatic heterocycles. The molecule has 4 heteroatoms. The Hall–Kier alpha value is -2.01. The van der Waals surface area contributed by atoms with Crippen LogP contribution in [-0.2, 0) is 9.47 Å². The molecule has 1 saturated heterocycles. The third kappa shape index (κ3) is 9.84. The van der Waals surface area contributed by atoms with Crippen molar-refractivity contribution < 1.29 is 14.6 Å². The van der Waals surface area contributed by atoms with E-state index in [1.54, 1.807) is 7.11 Å². The van der Waals surface area contributed by atoms with Crippen molar-refractivity contribution in [2.45, 2.75) is 99.2 Å². The van der Waals surface area contributed by atoms with Crippen molar-refractivity contribution in [3.63, 3.8) is 0 Å². The quantitative estimate of drug-likeness (QED) is 0.409. The molecule has 0 spiro atoms. The van der Waals surface area contributed by atoms with Crippen LogP contribution in [0.2, 0.25) is 0 Å². The van der Waals surface area contributed by atoms with Crippen molar-refractivity contribution in [3.05, 3.63) is 64.9 Å². The molecule has 4 nitrogen and oxygen atoms in total. The molecule has 3 unspecified atom stereocenters. The predicted molar refractivity (Wildman–Crippen MR) is 167 cm³/mol. The topological polar surface area (TPSA) is 51.0 Å². The molecular weight excluding hydrogens is 482 g/mol. The van der Waals surface area contributed by atoms with Crippen LogP contribution in [0.3, 0.4) is 0 Å². The fraction of sp³-hybridized carbons (Fsp3) is 0.629. The molecule has 2 fully saturated rings. The maximum atomic E-state index is 7.00. The first-order valence-electron chi connectivity index (χ1n) is 15.1. The van der Waals surface area contributed by atoms with E-state index < -0.39 is 0 Å². The fourth-order valence-corrected chi connectivity index (χ4v) is 6.08. The highest BCUT2D eigenvalue weighted by Crippen LogP contribution is 2.40. The van der Waals surface area contributed by atoms with Crippen LogP contribution in [0.15, 0.2) is 58.8 Å². The molecule has 6 atom stereocenters. The number of hydrogen-bond acceptors (Lipinski definition) is 4. The van der Waals surface area contributed by atoms with E-state index >= 15 is 0 Å². The SMILES string of the molecule is C/C(=C\C=C1\C(C2CCCC[C@@H]2C)=NC(C2C[C@@H](C)O[C@@H](C)C2)=CC1C)c1ccc(C)cc1.CCOC.CO. The smallest absolute Gasteiger partial charge is 0.0557 e. The number of nitrogens with zero attached hydrogens (tertiary/aromatic N) is 1. The summed E-state index contributed by atoms with van der Waals surface area (Å²) in [5.74, 6) is 2.21. The van der Waals surface area contributed by atoms with Crippen molar-refractivity contribution in [1.29, 1.82) is 0 Å². The minimum absolute atomic E-state index is 0.319. The Bertz CT molecular complexity index is 976. The van der Waals surface area contributed by atoms with Gasteiger partial charge in [0.15, 0.2) is 0 Å². The van der Waals surface area contributed by atoms with Gasteiger partial charge in [0.1, 0.15) is 0 Å². The maximum absolute atomic E-state index is 7.00. The molecule has 0 bridgehead atoms. The summed E-state index contributed by atoms with van der Waals surface area (Å²) in [4.78, 5) is 5.47. The summed E-state index contributed by atoms with van der Waals surface area (Å²) in [5.41, 5.74) is 8.05. The molecule has 39 heavy (non-hydrogen) atoms. The molecule has 1 N–H and O–H groups in total. The summed E-state index contributed by atoms with van der Waals surface area (Å²) < 4.78 is 10.6. The van der Waals surface area contributed by atoms with Crippen molar-refractivity contribution in [2.24, 2.45) is 28.7 Å². The molecule has 0 amide bonds. The van der Waals surface area contributed by atoms with E-state index in [9.17, 15) is 0 Å². The van der Waals surface area contributed by atoms with Crippen molar-refractivity contribution in [1.82, 2.24) is 0 Å². The number of aliphatic imine (C=N–C) groups is 1. The lowest BCUT2D eigenvalue weighted by molar-refractivity contribution is -0.0457. The van der Waals surface area contributed by atoms with Gasteiger partial charge in [-0.05, 0) is 76.5 Å². The van der Waals surface area contributed by atoms with E-state index in [1.165, 1.54) is 59.4 Å². The van der Waals surface area contributed by atoms with Crippen LogP contribution in [0.1, 0.15) is 91.2 Å². The van der Waals surface area contributed by atoms with E-state index in [0.717, 1.165) is 26.6 Å². The molecule has 1 aromatic rings. The maximum Gasteiger partial charge on any atom is 0.0557 e. The molecule has 2 heterocycles. The summed E-state index contributed by atoms with van der Waals surface area (Å²) in [6.45, 7) is 16.4. The van der Waals surface area contributed by atoms with Gasteiger partial charge in [0.25, 0.3) is 0 Å². The van der Waals surface area contributed by atoms with Gasteiger partial charge in [-0.1, -0.05) is 81.2 Å². The van der Waals surface area contributed by atoms with E-state index in [0.29, 0.717) is 35.9 Å². The van der Waals surface area contributed by atoms with Crippen LogP contribution < -0.4 is 0 Å². The average Bonchev–Trinajstić information content (AvgIpc) is 2.93. The zero-order chi connectivity index (χ0) is 28.9. The van der Waals surface area contributed by atoms with Crippen LogP contribution >= 0.6 is 0 Å². The lowest BCUT2D eigenvalue weighted by Gasteiger charge is -2.37. The first-order chi connectivity index (χ1) is 18.7. The summed E-state index contributed by atoms with van der Waals surface area (Å²) in [6, 6.07) is 8.86. The van der Waals surface area contributed by atoms with Crippen molar-refractivity contribution >= 4 is 11.3 Å². The van der Waals surface area contributed by atoms with Gasteiger partial charge in [-0.15, -0.1) is 0 Å². The fourth-order valence-electron chi connectivity index (χ4n) is 6.08. The Labute approximate surface area is 239 Å². The molecule has 1 saturated carbocycles. The molecule has 4 rings (SSSR count). The van der Waals surface area contributed by atoms with Crippen LogP contribution in [0, 0.1) is 30.6 Å². The Morgan fingerprint density at radius 3 is 2.18 bits per heavy atom. The van der Waals surface area contributed by atoms with Crippen molar-refractivity contribution in [2.75, 3.05) is 20.8 Å². The lowest BCUT2D eigenvalue weighted by Crippen LogP contribution is -2.33. The third-order valence-electron chi connectivity index (χ3n) is 8.34. The number of aliphatic hydroxyl groups is 1. The van der Waals surface area contributed by atoms with Crippen molar-refractivity contribution in [3.8, 4) is 0 Å². The number of benzene rings is 1. The van der Waals surface area contributed by atoms with Gasteiger partial charge in [0.2, 0.25) is 0 Å². The molecule has 218 valence electrons. The summed E-state index contributed by atoms with van der Waals surface area (Å²) >= 11 is 0. The number of methoxy groups -OCH3 is 1. The summed E-state index contributed by atoms with van der Waals surface area (Å²) in [7, 11) is 2.68. The van der Waals surface area contributed by atoms with E-state index in [4.69, 9.17) is 14.8 Å². The largest absolute Gasteiger partial charge is 0.400 e. The van der Waals surface area contributed by atoms with Crippen LogP contribution in [0.4, 0.5) is 0 Å². The molecule has 3 aliphatic rings. The van der Waals surface area contributed by atoms with Gasteiger partial charge in [0, 0.05) is 50.0 Å². The van der Waals surface area contributed by atoms with Crippen LogP contribution in [0.5, 0.6) is 0 Å². The Morgan fingerprint density at radius 1 is 1.03 bits per heavy atom. The van der Waals surface area contributed by atoms with E-state index in [1.807, 2.05) is 6.92 Å². The Kier molecular flexibility index (Phi) is 14.4. The highest BCUT2D eigenvalue weighted by molar-refractivity contribution is 6.04. The average molecular weight is 538 g/mol. The number of aryl methyl sites for hydroxylation is 1. The highest BCUT2D eigenvalue weighted by atomic mass is 16.5. The second-order valence-corrected chi connectivity index (χ2v) is 11.6. The lowest BCUT2D eigenvalue weighted by atomic mass is 9.72. The number of ether oxygens (including phenoxy) is 2. The van der Waals surface area contributed by atoms with Crippen LogP contribution in [0.25, 0.3) is 5.57 Å². The second kappa shape index (κ2) is 16.9. The number of hydrogen-bond donors (Lipinski definition) is 1. The van der Waals surface area contributed by atoms with Gasteiger partial charge < -0.3 is 14.6 Å². The predicted octanol–water partition coefficient (Wildman–Crippen LogP) is 8.59. The zero-order valence-corrected chi connectivity index (χ0v) is 26.2. The molecule has 0 aromatic heterocycles. The zero-order valence-electron chi connectivity index (χ0n) is 26.2. The normalized spacial score (nSPS) is 30.3. The summed E-state index contributed by atoms with van der Waals surface area (Å²) in [5, 5.41) is 7.00. The van der Waals surface area contributed by atoms with E-state index in [-0.39, 0.29) is 0 Å². The molecule has 1 aromatic carbocycles. The standard InChI is InChI=1S/C31H43NO.C3H8O.CH4O/c1-20-11-14-26(15-12-20)21(2)13-16-29-23(4)17-30(27-18-24(5)33-25(6)19-27)32-31(29)28-10-8-7-9-22(28)3;1-3-4-2;1-2/h11-17,22-25,27-28H,7-10,18-19H2,1-6H3;3H2,1-2H3;2H,1H3/b21-13+,29-16+;;/t22-,23?,24-,25+,27?,28?;;/m0../s1. The monoisotopic (exact) mass is 537 g/mol. The van der Waals surface area contributed by atoms with Gasteiger partial charge in [0.05, 0.1) is 12.2 Å². The second-order valence-electron chi connectivity index (χ2n) is 11.6. The molecular formula is C35H55NO3. The number of rotatable bonds is 5. The van der Waals surface area contributed by atoms with Gasteiger partial charge in [-0.3, -0.25) is 4.99 Å². The van der Waals surface area contributed by atoms with Gasteiger partial charge in [-0.2, -0.15) is 0 Å². The minimum atomic E-state index is 0.319. The molecule has 1 aliphatic carbocycles.